The Balaban J connectivity index is 1.52. The lowest BCUT2D eigenvalue weighted by molar-refractivity contribution is -0.115. The van der Waals surface area contributed by atoms with Crippen molar-refractivity contribution in [3.05, 3.63) is 46.5 Å². The maximum Gasteiger partial charge on any atom is 0.254 e. The second-order valence-electron chi connectivity index (χ2n) is 5.21. The van der Waals surface area contributed by atoms with Crippen molar-refractivity contribution in [1.29, 1.82) is 0 Å². The highest BCUT2D eigenvalue weighted by atomic mass is 32.1. The van der Waals surface area contributed by atoms with Crippen molar-refractivity contribution in [3.8, 4) is 0 Å². The first-order valence-corrected chi connectivity index (χ1v) is 7.89. The molecule has 1 aliphatic rings. The van der Waals surface area contributed by atoms with Gasteiger partial charge in [0.2, 0.25) is 5.91 Å². The molecule has 1 aromatic carbocycles. The first-order valence-electron chi connectivity index (χ1n) is 7.01. The minimum atomic E-state index is -0.975. The van der Waals surface area contributed by atoms with Crippen LogP contribution in [-0.2, 0) is 4.79 Å². The fourth-order valence-corrected chi connectivity index (χ4v) is 2.81. The Morgan fingerprint density at radius 2 is 2.09 bits per heavy atom. The van der Waals surface area contributed by atoms with E-state index >= 15 is 0 Å². The molecule has 2 N–H and O–H groups in total. The van der Waals surface area contributed by atoms with Crippen molar-refractivity contribution < 1.29 is 18.4 Å². The largest absolute Gasteiger partial charge is 0.343 e. The number of aromatic nitrogens is 1. The molecule has 23 heavy (non-hydrogen) atoms. The molecule has 0 aliphatic heterocycles. The predicted octanol–water partition coefficient (Wildman–Crippen LogP) is 2.67. The molecule has 0 radical (unpaired) electrons. The molecule has 0 unspecified atom stereocenters. The summed E-state index contributed by atoms with van der Waals surface area (Å²) in [6, 6.07) is 2.62. The molecule has 1 saturated carbocycles. The van der Waals surface area contributed by atoms with Crippen molar-refractivity contribution in [2.24, 2.45) is 0 Å². The minimum Gasteiger partial charge on any atom is -0.343 e. The molecule has 2 aromatic rings. The lowest BCUT2D eigenvalue weighted by Crippen LogP contribution is -2.33. The molecule has 3 rings (SSSR count). The van der Waals surface area contributed by atoms with E-state index in [2.05, 4.69) is 15.6 Å². The number of halogens is 2. The summed E-state index contributed by atoms with van der Waals surface area (Å²) in [5.41, 5.74) is 0.659. The van der Waals surface area contributed by atoms with Crippen LogP contribution in [0.1, 0.15) is 34.8 Å². The monoisotopic (exact) mass is 337 g/mol. The van der Waals surface area contributed by atoms with Crippen molar-refractivity contribution in [2.75, 3.05) is 11.9 Å². The Bertz CT molecular complexity index is 759. The summed E-state index contributed by atoms with van der Waals surface area (Å²) in [4.78, 5) is 27.8. The van der Waals surface area contributed by atoms with Crippen LogP contribution >= 0.6 is 11.3 Å². The Kier molecular flexibility index (Phi) is 4.33. The van der Waals surface area contributed by atoms with E-state index in [1.54, 1.807) is 0 Å². The van der Waals surface area contributed by atoms with Crippen LogP contribution in [0.5, 0.6) is 0 Å². The first kappa shape index (κ1) is 15.5. The fourth-order valence-electron chi connectivity index (χ4n) is 2.00. The van der Waals surface area contributed by atoms with Crippen LogP contribution in [0.15, 0.2) is 23.6 Å². The average molecular weight is 337 g/mol. The third kappa shape index (κ3) is 3.89. The molecule has 0 atom stereocenters. The Morgan fingerprint density at radius 1 is 1.30 bits per heavy atom. The van der Waals surface area contributed by atoms with Crippen molar-refractivity contribution in [2.45, 2.75) is 18.8 Å². The van der Waals surface area contributed by atoms with E-state index in [-0.39, 0.29) is 12.1 Å². The van der Waals surface area contributed by atoms with E-state index < -0.39 is 23.4 Å². The van der Waals surface area contributed by atoms with Crippen molar-refractivity contribution >= 4 is 28.3 Å². The van der Waals surface area contributed by atoms with Gasteiger partial charge in [-0.25, -0.2) is 13.8 Å². The summed E-state index contributed by atoms with van der Waals surface area (Å²) in [5.74, 6) is -2.49. The molecule has 1 aromatic heterocycles. The van der Waals surface area contributed by atoms with Gasteiger partial charge in [-0.1, -0.05) is 0 Å². The third-order valence-electron chi connectivity index (χ3n) is 3.35. The van der Waals surface area contributed by atoms with Gasteiger partial charge in [-0.3, -0.25) is 9.59 Å². The molecule has 8 heteroatoms. The van der Waals surface area contributed by atoms with Gasteiger partial charge in [-0.05, 0) is 25.0 Å². The van der Waals surface area contributed by atoms with Crippen LogP contribution in [0.3, 0.4) is 0 Å². The van der Waals surface area contributed by atoms with Gasteiger partial charge in [-0.15, -0.1) is 11.3 Å². The number of nitrogens with one attached hydrogen (secondary N) is 2. The normalized spacial score (nSPS) is 13.7. The zero-order valence-electron chi connectivity index (χ0n) is 11.9. The summed E-state index contributed by atoms with van der Waals surface area (Å²) in [7, 11) is 0. The Labute approximate surface area is 134 Å². The zero-order chi connectivity index (χ0) is 16.4. The zero-order valence-corrected chi connectivity index (χ0v) is 12.8. The second-order valence-corrected chi connectivity index (χ2v) is 6.06. The van der Waals surface area contributed by atoms with Gasteiger partial charge in [0.15, 0.2) is 5.13 Å². The number of benzene rings is 1. The number of hydrogen-bond acceptors (Lipinski definition) is 4. The number of hydrogen-bond donors (Lipinski definition) is 2. The van der Waals surface area contributed by atoms with E-state index in [1.165, 1.54) is 11.3 Å². The summed E-state index contributed by atoms with van der Waals surface area (Å²) >= 11 is 1.32. The Hall–Kier alpha value is -2.35. The topological polar surface area (TPSA) is 71.1 Å². The van der Waals surface area contributed by atoms with Gasteiger partial charge in [0, 0.05) is 17.4 Å². The first-order chi connectivity index (χ1) is 11.0. The van der Waals surface area contributed by atoms with E-state index in [0.717, 1.165) is 30.7 Å². The highest BCUT2D eigenvalue weighted by molar-refractivity contribution is 7.13. The van der Waals surface area contributed by atoms with Crippen LogP contribution in [0.4, 0.5) is 13.9 Å². The van der Waals surface area contributed by atoms with Crippen LogP contribution in [0, 0.1) is 11.6 Å². The quantitative estimate of drug-likeness (QED) is 0.881. The molecule has 0 bridgehead atoms. The maximum atomic E-state index is 13.4. The highest BCUT2D eigenvalue weighted by Crippen LogP contribution is 2.40. The molecule has 5 nitrogen and oxygen atoms in total. The molecule has 120 valence electrons. The third-order valence-corrected chi connectivity index (χ3v) is 4.13. The molecule has 0 saturated heterocycles. The van der Waals surface area contributed by atoms with Gasteiger partial charge in [0.05, 0.1) is 17.8 Å². The Morgan fingerprint density at radius 3 is 2.78 bits per heavy atom. The summed E-state index contributed by atoms with van der Waals surface area (Å²) in [5, 5.41) is 7.23. The molecule has 0 spiro atoms. The lowest BCUT2D eigenvalue weighted by Gasteiger charge is -2.06. The molecule has 1 aliphatic carbocycles. The predicted molar refractivity (Wildman–Crippen MR) is 81.4 cm³/mol. The standard InChI is InChI=1S/C15H13F2N3O2S/c16-9-3-4-10(11(17)5-9)14(22)18-6-13(21)20-15-19-12(7-23-15)8-1-2-8/h3-5,7-8H,1-2,6H2,(H,18,22)(H,19,20,21). The molecular formula is C15H13F2N3O2S. The molecule has 1 heterocycles. The second kappa shape index (κ2) is 6.41. The number of amides is 2. The van der Waals surface area contributed by atoms with E-state index in [0.29, 0.717) is 17.1 Å². The van der Waals surface area contributed by atoms with Crippen molar-refractivity contribution in [3.63, 3.8) is 0 Å². The number of rotatable bonds is 5. The van der Waals surface area contributed by atoms with E-state index in [9.17, 15) is 18.4 Å². The summed E-state index contributed by atoms with van der Waals surface area (Å²) in [6.45, 7) is -0.325. The van der Waals surface area contributed by atoms with Gasteiger partial charge in [-0.2, -0.15) is 0 Å². The van der Waals surface area contributed by atoms with Crippen molar-refractivity contribution in [1.82, 2.24) is 10.3 Å². The van der Waals surface area contributed by atoms with Crippen LogP contribution in [0.25, 0.3) is 0 Å². The SMILES string of the molecule is O=C(CNC(=O)c1ccc(F)cc1F)Nc1nc(C2CC2)cs1. The van der Waals surface area contributed by atoms with E-state index in [4.69, 9.17) is 0 Å². The summed E-state index contributed by atoms with van der Waals surface area (Å²) < 4.78 is 26.2. The minimum absolute atomic E-state index is 0.315. The molecular weight excluding hydrogens is 324 g/mol. The smallest absolute Gasteiger partial charge is 0.254 e. The number of carbonyl (C=O) groups excluding carboxylic acids is 2. The fraction of sp³-hybridized carbons (Fsp3) is 0.267. The van der Waals surface area contributed by atoms with Crippen LogP contribution in [0.2, 0.25) is 0 Å². The number of nitrogens with zero attached hydrogens (tertiary/aromatic N) is 1. The van der Waals surface area contributed by atoms with Crippen LogP contribution < -0.4 is 10.6 Å². The van der Waals surface area contributed by atoms with Crippen LogP contribution in [-0.4, -0.2) is 23.3 Å². The van der Waals surface area contributed by atoms with Gasteiger partial charge >= 0.3 is 0 Å². The number of carbonyl (C=O) groups is 2. The lowest BCUT2D eigenvalue weighted by atomic mass is 10.2. The van der Waals surface area contributed by atoms with Gasteiger partial charge < -0.3 is 10.6 Å². The van der Waals surface area contributed by atoms with Gasteiger partial charge in [0.25, 0.3) is 5.91 Å². The molecule has 2 amide bonds. The van der Waals surface area contributed by atoms with E-state index in [1.807, 2.05) is 5.38 Å². The highest BCUT2D eigenvalue weighted by Gasteiger charge is 2.26. The summed E-state index contributed by atoms with van der Waals surface area (Å²) in [6.07, 6.45) is 2.24. The molecule has 1 fully saturated rings. The number of anilines is 1. The van der Waals surface area contributed by atoms with Gasteiger partial charge in [0.1, 0.15) is 11.6 Å². The average Bonchev–Trinajstić information content (AvgIpc) is 3.25. The number of thiazole rings is 1. The maximum absolute atomic E-state index is 13.4.